The Hall–Kier alpha value is -1.55. The largest absolute Gasteiger partial charge is 0.354 e. The second kappa shape index (κ2) is 8.59. The molecule has 0 unspecified atom stereocenters. The summed E-state index contributed by atoms with van der Waals surface area (Å²) < 4.78 is 0. The summed E-state index contributed by atoms with van der Waals surface area (Å²) in [6, 6.07) is 7.12. The first-order valence-electron chi connectivity index (χ1n) is 6.85. The van der Waals surface area contributed by atoms with E-state index in [1.54, 1.807) is 23.1 Å². The van der Waals surface area contributed by atoms with E-state index in [2.05, 4.69) is 5.32 Å². The van der Waals surface area contributed by atoms with Gasteiger partial charge in [0.1, 0.15) is 0 Å². The molecular formula is C15H21ClN2O2. The third kappa shape index (κ3) is 5.61. The maximum Gasteiger partial charge on any atom is 0.223 e. The highest BCUT2D eigenvalue weighted by Gasteiger charge is 2.11. The van der Waals surface area contributed by atoms with E-state index in [4.69, 9.17) is 11.6 Å². The van der Waals surface area contributed by atoms with Crippen LogP contribution in [-0.2, 0) is 9.59 Å². The third-order valence-corrected chi connectivity index (χ3v) is 3.15. The molecule has 0 bridgehead atoms. The molecular weight excluding hydrogens is 276 g/mol. The van der Waals surface area contributed by atoms with Crippen molar-refractivity contribution in [3.63, 3.8) is 0 Å². The second-order valence-electron chi connectivity index (χ2n) is 4.60. The summed E-state index contributed by atoms with van der Waals surface area (Å²) in [5.41, 5.74) is 0.743. The maximum absolute atomic E-state index is 11.7. The number of amides is 2. The number of carbonyl (C=O) groups is 2. The number of hydrogen-bond acceptors (Lipinski definition) is 2. The molecule has 2 amide bonds. The van der Waals surface area contributed by atoms with E-state index in [1.165, 1.54) is 6.92 Å². The molecule has 1 N–H and O–H groups in total. The van der Waals surface area contributed by atoms with Gasteiger partial charge in [-0.15, -0.1) is 0 Å². The molecule has 0 aliphatic heterocycles. The Morgan fingerprint density at radius 3 is 2.70 bits per heavy atom. The first-order chi connectivity index (χ1) is 9.54. The van der Waals surface area contributed by atoms with Crippen LogP contribution in [0.2, 0.25) is 5.02 Å². The molecule has 0 aromatic heterocycles. The minimum atomic E-state index is -0.0740. The molecule has 0 radical (unpaired) electrons. The Morgan fingerprint density at radius 1 is 1.35 bits per heavy atom. The van der Waals surface area contributed by atoms with Crippen LogP contribution in [0.25, 0.3) is 0 Å². The van der Waals surface area contributed by atoms with E-state index >= 15 is 0 Å². The molecule has 0 atom stereocenters. The quantitative estimate of drug-likeness (QED) is 0.841. The van der Waals surface area contributed by atoms with Gasteiger partial charge in [0.2, 0.25) is 11.8 Å². The van der Waals surface area contributed by atoms with Crippen molar-refractivity contribution in [3.05, 3.63) is 29.3 Å². The summed E-state index contributed by atoms with van der Waals surface area (Å²) in [6.45, 7) is 4.42. The highest BCUT2D eigenvalue weighted by molar-refractivity contribution is 6.30. The summed E-state index contributed by atoms with van der Waals surface area (Å²) >= 11 is 5.93. The van der Waals surface area contributed by atoms with E-state index in [-0.39, 0.29) is 11.8 Å². The molecule has 1 aromatic rings. The molecule has 0 fully saturated rings. The highest BCUT2D eigenvalue weighted by Crippen LogP contribution is 2.19. The third-order valence-electron chi connectivity index (χ3n) is 2.91. The van der Waals surface area contributed by atoms with Crippen molar-refractivity contribution in [1.82, 2.24) is 5.32 Å². The summed E-state index contributed by atoms with van der Waals surface area (Å²) in [6.07, 6.45) is 2.42. The molecule has 110 valence electrons. The van der Waals surface area contributed by atoms with Gasteiger partial charge in [-0.3, -0.25) is 9.59 Å². The first-order valence-corrected chi connectivity index (χ1v) is 7.22. The number of unbranched alkanes of at least 4 members (excludes halogenated alkanes) is 1. The number of nitrogens with one attached hydrogen (secondary N) is 1. The van der Waals surface area contributed by atoms with E-state index in [0.717, 1.165) is 18.5 Å². The average Bonchev–Trinajstić information content (AvgIpc) is 2.40. The minimum Gasteiger partial charge on any atom is -0.354 e. The fourth-order valence-electron chi connectivity index (χ4n) is 1.85. The molecule has 0 heterocycles. The number of halogens is 1. The van der Waals surface area contributed by atoms with Crippen LogP contribution in [-0.4, -0.2) is 24.9 Å². The summed E-state index contributed by atoms with van der Waals surface area (Å²) in [5.74, 6) is -0.0449. The predicted molar refractivity (Wildman–Crippen MR) is 82.0 cm³/mol. The Kier molecular flexibility index (Phi) is 7.09. The lowest BCUT2D eigenvalue weighted by Crippen LogP contribution is -2.37. The van der Waals surface area contributed by atoms with Gasteiger partial charge in [0.05, 0.1) is 0 Å². The zero-order valence-corrected chi connectivity index (χ0v) is 12.7. The van der Waals surface area contributed by atoms with Crippen molar-refractivity contribution in [1.29, 1.82) is 0 Å². The van der Waals surface area contributed by atoms with Gasteiger partial charge in [-0.25, -0.2) is 0 Å². The normalized spacial score (nSPS) is 10.2. The number of nitrogens with zero attached hydrogens (tertiary/aromatic N) is 1. The molecule has 0 aliphatic rings. The molecule has 4 nitrogen and oxygen atoms in total. The monoisotopic (exact) mass is 296 g/mol. The van der Waals surface area contributed by atoms with Crippen LogP contribution in [0.4, 0.5) is 5.69 Å². The topological polar surface area (TPSA) is 49.4 Å². The molecule has 1 rings (SSSR count). The van der Waals surface area contributed by atoms with Crippen molar-refractivity contribution < 1.29 is 9.59 Å². The van der Waals surface area contributed by atoms with E-state index in [1.807, 2.05) is 13.0 Å². The SMILES string of the molecule is CCCCC(=O)NCCN(C(C)=O)c1cccc(Cl)c1. The van der Waals surface area contributed by atoms with Crippen molar-refractivity contribution >= 4 is 29.1 Å². The van der Waals surface area contributed by atoms with Crippen molar-refractivity contribution in [2.75, 3.05) is 18.0 Å². The van der Waals surface area contributed by atoms with Gasteiger partial charge in [-0.1, -0.05) is 31.0 Å². The van der Waals surface area contributed by atoms with E-state index in [9.17, 15) is 9.59 Å². The number of rotatable bonds is 7. The molecule has 0 saturated carbocycles. The van der Waals surface area contributed by atoms with Crippen molar-refractivity contribution in [3.8, 4) is 0 Å². The minimum absolute atomic E-state index is 0.0291. The van der Waals surface area contributed by atoms with Crippen molar-refractivity contribution in [2.45, 2.75) is 33.1 Å². The van der Waals surface area contributed by atoms with E-state index < -0.39 is 0 Å². The summed E-state index contributed by atoms with van der Waals surface area (Å²) in [4.78, 5) is 24.8. The molecule has 1 aromatic carbocycles. The molecule has 20 heavy (non-hydrogen) atoms. The second-order valence-corrected chi connectivity index (χ2v) is 5.04. The van der Waals surface area contributed by atoms with Gasteiger partial charge in [-0.05, 0) is 24.6 Å². The van der Waals surface area contributed by atoms with Gasteiger partial charge in [0.25, 0.3) is 0 Å². The van der Waals surface area contributed by atoms with Gasteiger partial charge in [0.15, 0.2) is 0 Å². The number of anilines is 1. The smallest absolute Gasteiger partial charge is 0.223 e. The van der Waals surface area contributed by atoms with Gasteiger partial charge < -0.3 is 10.2 Å². The lowest BCUT2D eigenvalue weighted by molar-refractivity contribution is -0.121. The maximum atomic E-state index is 11.7. The molecule has 0 aliphatic carbocycles. The lowest BCUT2D eigenvalue weighted by Gasteiger charge is -2.21. The van der Waals surface area contributed by atoms with Crippen LogP contribution in [0.5, 0.6) is 0 Å². The average molecular weight is 297 g/mol. The highest BCUT2D eigenvalue weighted by atomic mass is 35.5. The van der Waals surface area contributed by atoms with Crippen LogP contribution in [0.3, 0.4) is 0 Å². The Labute approximate surface area is 125 Å². The molecule has 5 heteroatoms. The standard InChI is InChI=1S/C15H21ClN2O2/c1-3-4-8-15(20)17-9-10-18(12(2)19)14-7-5-6-13(16)11-14/h5-7,11H,3-4,8-10H2,1-2H3,(H,17,20). The molecule has 0 spiro atoms. The Bertz CT molecular complexity index is 463. The predicted octanol–water partition coefficient (Wildman–Crippen LogP) is 3.00. The van der Waals surface area contributed by atoms with Crippen molar-refractivity contribution in [2.24, 2.45) is 0 Å². The zero-order chi connectivity index (χ0) is 15.0. The number of hydrogen-bond donors (Lipinski definition) is 1. The van der Waals surface area contributed by atoms with Gasteiger partial charge in [0, 0.05) is 37.1 Å². The summed E-state index contributed by atoms with van der Waals surface area (Å²) in [5, 5.41) is 3.41. The van der Waals surface area contributed by atoms with Gasteiger partial charge >= 0.3 is 0 Å². The van der Waals surface area contributed by atoms with Crippen LogP contribution in [0, 0.1) is 0 Å². The fraction of sp³-hybridized carbons (Fsp3) is 0.467. The van der Waals surface area contributed by atoms with Gasteiger partial charge in [-0.2, -0.15) is 0 Å². The van der Waals surface area contributed by atoms with E-state index in [0.29, 0.717) is 24.5 Å². The van der Waals surface area contributed by atoms with Crippen LogP contribution >= 0.6 is 11.6 Å². The fourth-order valence-corrected chi connectivity index (χ4v) is 2.03. The number of carbonyl (C=O) groups excluding carboxylic acids is 2. The Morgan fingerprint density at radius 2 is 2.10 bits per heavy atom. The van der Waals surface area contributed by atoms with Crippen LogP contribution in [0.15, 0.2) is 24.3 Å². The first kappa shape index (κ1) is 16.5. The Balaban J connectivity index is 2.52. The number of benzene rings is 1. The van der Waals surface area contributed by atoms with Crippen LogP contribution in [0.1, 0.15) is 33.1 Å². The zero-order valence-electron chi connectivity index (χ0n) is 12.0. The molecule has 0 saturated heterocycles. The van der Waals surface area contributed by atoms with Crippen LogP contribution < -0.4 is 10.2 Å². The summed E-state index contributed by atoms with van der Waals surface area (Å²) in [7, 11) is 0. The lowest BCUT2D eigenvalue weighted by atomic mass is 10.2.